The summed E-state index contributed by atoms with van der Waals surface area (Å²) in [7, 11) is 0. The second kappa shape index (κ2) is 3.03. The Balaban J connectivity index is 2.11. The fourth-order valence-corrected chi connectivity index (χ4v) is 2.66. The molecule has 0 bridgehead atoms. The van der Waals surface area contributed by atoms with Crippen LogP contribution in [-0.2, 0) is 0 Å². The molecule has 1 nitrogen and oxygen atoms in total. The number of fused-ring (bicyclic) bond motifs is 3. The summed E-state index contributed by atoms with van der Waals surface area (Å²) < 4.78 is 0. The van der Waals surface area contributed by atoms with E-state index in [0.29, 0.717) is 5.92 Å². The van der Waals surface area contributed by atoms with E-state index in [1.54, 1.807) is 0 Å². The third kappa shape index (κ3) is 1.16. The molecule has 0 unspecified atom stereocenters. The Hall–Kier alpha value is -0.950. The van der Waals surface area contributed by atoms with E-state index in [1.165, 1.54) is 17.7 Å². The fraction of sp³-hybridized carbons (Fsp3) is 0.333. The van der Waals surface area contributed by atoms with Crippen molar-refractivity contribution in [2.45, 2.75) is 12.3 Å². The van der Waals surface area contributed by atoms with Crippen molar-refractivity contribution in [2.24, 2.45) is 5.92 Å². The lowest BCUT2D eigenvalue weighted by Gasteiger charge is -2.29. The van der Waals surface area contributed by atoms with E-state index in [9.17, 15) is 0 Å². The third-order valence-electron chi connectivity index (χ3n) is 3.22. The molecule has 2 atom stereocenters. The van der Waals surface area contributed by atoms with Crippen LogP contribution in [0.4, 0.5) is 5.69 Å². The van der Waals surface area contributed by atoms with Gasteiger partial charge in [0.1, 0.15) is 0 Å². The molecule has 3 rings (SSSR count). The van der Waals surface area contributed by atoms with Gasteiger partial charge in [0, 0.05) is 23.2 Å². The Morgan fingerprint density at radius 2 is 2.29 bits per heavy atom. The summed E-state index contributed by atoms with van der Waals surface area (Å²) in [6.45, 7) is 1.09. The van der Waals surface area contributed by atoms with Gasteiger partial charge in [-0.25, -0.2) is 0 Å². The largest absolute Gasteiger partial charge is 0.384 e. The lowest BCUT2D eigenvalue weighted by molar-refractivity contribution is 0.523. The van der Waals surface area contributed by atoms with Gasteiger partial charge in [0.15, 0.2) is 0 Å². The normalized spacial score (nSPS) is 28.1. The fourth-order valence-electron chi connectivity index (χ4n) is 2.48. The summed E-state index contributed by atoms with van der Waals surface area (Å²) in [5, 5.41) is 4.30. The monoisotopic (exact) mass is 205 g/mol. The van der Waals surface area contributed by atoms with Crippen molar-refractivity contribution in [1.82, 2.24) is 0 Å². The van der Waals surface area contributed by atoms with Gasteiger partial charge in [-0.15, -0.1) is 0 Å². The topological polar surface area (TPSA) is 12.0 Å². The van der Waals surface area contributed by atoms with Gasteiger partial charge in [0.2, 0.25) is 0 Å². The van der Waals surface area contributed by atoms with Gasteiger partial charge < -0.3 is 5.32 Å². The van der Waals surface area contributed by atoms with Crippen molar-refractivity contribution < 1.29 is 0 Å². The summed E-state index contributed by atoms with van der Waals surface area (Å²) in [6, 6.07) is 6.13. The molecular weight excluding hydrogens is 194 g/mol. The van der Waals surface area contributed by atoms with Gasteiger partial charge in [0.25, 0.3) is 0 Å². The molecule has 0 aromatic heterocycles. The summed E-state index contributed by atoms with van der Waals surface area (Å²) in [5.74, 6) is 1.32. The minimum atomic E-state index is 0.588. The van der Waals surface area contributed by atoms with Crippen LogP contribution in [0.25, 0.3) is 0 Å². The molecule has 14 heavy (non-hydrogen) atoms. The molecule has 2 heteroatoms. The van der Waals surface area contributed by atoms with E-state index in [4.69, 9.17) is 11.6 Å². The highest BCUT2D eigenvalue weighted by Crippen LogP contribution is 2.42. The molecule has 0 amide bonds. The standard InChI is InChI=1S/C12H12ClN/c13-9-4-5-12-11(6-9)10-3-1-2-8(10)7-14-12/h1,3-6,8,10,14H,2,7H2/t8-,10-/m0/s1. The number of halogens is 1. The maximum Gasteiger partial charge on any atom is 0.0410 e. The lowest BCUT2D eigenvalue weighted by atomic mass is 9.85. The first-order chi connectivity index (χ1) is 6.84. The average molecular weight is 206 g/mol. The number of allylic oxidation sites excluding steroid dienone is 2. The minimum absolute atomic E-state index is 0.588. The zero-order valence-corrected chi connectivity index (χ0v) is 8.59. The van der Waals surface area contributed by atoms with Gasteiger partial charge in [-0.2, -0.15) is 0 Å². The first kappa shape index (κ1) is 8.37. The molecule has 0 saturated heterocycles. The second-order valence-electron chi connectivity index (χ2n) is 4.06. The second-order valence-corrected chi connectivity index (χ2v) is 4.50. The van der Waals surface area contributed by atoms with Crippen LogP contribution in [0.5, 0.6) is 0 Å². The molecule has 0 radical (unpaired) electrons. The van der Waals surface area contributed by atoms with Crippen molar-refractivity contribution >= 4 is 17.3 Å². The highest BCUT2D eigenvalue weighted by Gasteiger charge is 2.29. The van der Waals surface area contributed by atoms with Crippen molar-refractivity contribution in [3.8, 4) is 0 Å². The zero-order chi connectivity index (χ0) is 9.54. The van der Waals surface area contributed by atoms with Gasteiger partial charge in [0.05, 0.1) is 0 Å². The first-order valence-electron chi connectivity index (χ1n) is 5.04. The minimum Gasteiger partial charge on any atom is -0.384 e. The molecule has 0 saturated carbocycles. The van der Waals surface area contributed by atoms with E-state index in [-0.39, 0.29) is 0 Å². The Morgan fingerprint density at radius 1 is 1.36 bits per heavy atom. The van der Waals surface area contributed by atoms with E-state index >= 15 is 0 Å². The third-order valence-corrected chi connectivity index (χ3v) is 3.45. The van der Waals surface area contributed by atoms with Crippen molar-refractivity contribution in [3.63, 3.8) is 0 Å². The molecule has 0 fully saturated rings. The van der Waals surface area contributed by atoms with Crippen LogP contribution in [0.2, 0.25) is 5.02 Å². The van der Waals surface area contributed by atoms with Crippen molar-refractivity contribution in [3.05, 3.63) is 40.9 Å². The van der Waals surface area contributed by atoms with Crippen molar-refractivity contribution in [2.75, 3.05) is 11.9 Å². The smallest absolute Gasteiger partial charge is 0.0410 e. The number of anilines is 1. The quantitative estimate of drug-likeness (QED) is 0.640. The molecule has 1 N–H and O–H groups in total. The number of rotatable bonds is 0. The van der Waals surface area contributed by atoms with Gasteiger partial charge in [-0.05, 0) is 36.1 Å². The molecule has 72 valence electrons. The zero-order valence-electron chi connectivity index (χ0n) is 7.83. The number of hydrogen-bond donors (Lipinski definition) is 1. The Morgan fingerprint density at radius 3 is 3.21 bits per heavy atom. The van der Waals surface area contributed by atoms with Crippen LogP contribution in [0.3, 0.4) is 0 Å². The average Bonchev–Trinajstić information content (AvgIpc) is 2.65. The van der Waals surface area contributed by atoms with Crippen LogP contribution < -0.4 is 5.32 Å². The van der Waals surface area contributed by atoms with Crippen LogP contribution in [0.15, 0.2) is 30.4 Å². The van der Waals surface area contributed by atoms with E-state index in [1.807, 2.05) is 6.07 Å². The summed E-state index contributed by atoms with van der Waals surface area (Å²) in [4.78, 5) is 0. The van der Waals surface area contributed by atoms with Crippen LogP contribution in [-0.4, -0.2) is 6.54 Å². The van der Waals surface area contributed by atoms with E-state index in [2.05, 4.69) is 29.6 Å². The number of nitrogens with one attached hydrogen (secondary N) is 1. The highest BCUT2D eigenvalue weighted by molar-refractivity contribution is 6.30. The predicted molar refractivity (Wildman–Crippen MR) is 59.9 cm³/mol. The van der Waals surface area contributed by atoms with E-state index in [0.717, 1.165) is 17.5 Å². The van der Waals surface area contributed by atoms with Gasteiger partial charge >= 0.3 is 0 Å². The Labute approximate surface area is 88.8 Å². The Bertz CT molecular complexity index is 397. The summed E-state index contributed by atoms with van der Waals surface area (Å²) >= 11 is 6.02. The predicted octanol–water partition coefficient (Wildman–Crippen LogP) is 3.43. The molecule has 0 spiro atoms. The van der Waals surface area contributed by atoms with E-state index < -0.39 is 0 Å². The van der Waals surface area contributed by atoms with Gasteiger partial charge in [-0.1, -0.05) is 23.8 Å². The first-order valence-corrected chi connectivity index (χ1v) is 5.42. The lowest BCUT2D eigenvalue weighted by Crippen LogP contribution is -2.24. The van der Waals surface area contributed by atoms with Crippen molar-refractivity contribution in [1.29, 1.82) is 0 Å². The van der Waals surface area contributed by atoms with Crippen LogP contribution in [0.1, 0.15) is 17.9 Å². The number of hydrogen-bond acceptors (Lipinski definition) is 1. The molecule has 1 aromatic carbocycles. The Kier molecular flexibility index (Phi) is 1.81. The summed E-state index contributed by atoms with van der Waals surface area (Å²) in [6.07, 6.45) is 5.80. The van der Waals surface area contributed by atoms with Crippen LogP contribution in [0, 0.1) is 5.92 Å². The van der Waals surface area contributed by atoms with Gasteiger partial charge in [-0.3, -0.25) is 0 Å². The highest BCUT2D eigenvalue weighted by atomic mass is 35.5. The summed E-state index contributed by atoms with van der Waals surface area (Å²) in [5.41, 5.74) is 2.62. The molecule has 2 aliphatic rings. The molecule has 1 aliphatic carbocycles. The molecule has 1 aliphatic heterocycles. The maximum absolute atomic E-state index is 6.02. The maximum atomic E-state index is 6.02. The molecular formula is C12H12ClN. The van der Waals surface area contributed by atoms with Crippen LogP contribution >= 0.6 is 11.6 Å². The SMILES string of the molecule is Clc1ccc2c(c1)[C@H]1C=CC[C@H]1CN2. The molecule has 1 aromatic rings. The molecule has 1 heterocycles. The number of benzene rings is 1.